The van der Waals surface area contributed by atoms with Crippen molar-refractivity contribution in [3.05, 3.63) is 41.2 Å². The van der Waals surface area contributed by atoms with E-state index in [2.05, 4.69) is 9.88 Å². The average molecular weight is 288 g/mol. The summed E-state index contributed by atoms with van der Waals surface area (Å²) in [4.78, 5) is 0.0453. The molecule has 3 N–H and O–H groups in total. The first-order valence-corrected chi connectivity index (χ1v) is 6.79. The van der Waals surface area contributed by atoms with Crippen molar-refractivity contribution in [1.29, 1.82) is 0 Å². The largest absolute Gasteiger partial charge is 0.397 e. The van der Waals surface area contributed by atoms with Crippen LogP contribution in [-0.4, -0.2) is 13.6 Å². The predicted molar refractivity (Wildman–Crippen MR) is 66.4 cm³/mol. The monoisotopic (exact) mass is 287 g/mol. The van der Waals surface area contributed by atoms with Gasteiger partial charge in [-0.2, -0.15) is 0 Å². The van der Waals surface area contributed by atoms with Gasteiger partial charge in [-0.25, -0.2) is 13.1 Å². The molecule has 2 rings (SSSR count). The van der Waals surface area contributed by atoms with Crippen LogP contribution in [0.5, 0.6) is 0 Å². The molecule has 1 aromatic carbocycles. The Morgan fingerprint density at radius 3 is 2.78 bits per heavy atom. The number of hydrogen-bond donors (Lipinski definition) is 2. The van der Waals surface area contributed by atoms with E-state index in [1.807, 2.05) is 0 Å². The molecule has 0 aliphatic heterocycles. The molecule has 0 radical (unpaired) electrons. The Bertz CT molecular complexity index is 640. The molecule has 18 heavy (non-hydrogen) atoms. The molecule has 0 saturated heterocycles. The Morgan fingerprint density at radius 1 is 1.39 bits per heavy atom. The molecule has 1 aromatic heterocycles. The smallest absolute Gasteiger partial charge is 0.241 e. The Morgan fingerprint density at radius 2 is 2.17 bits per heavy atom. The van der Waals surface area contributed by atoms with Gasteiger partial charge in [-0.05, 0) is 18.2 Å². The van der Waals surface area contributed by atoms with Crippen LogP contribution in [0.1, 0.15) is 5.76 Å². The molecule has 0 bridgehead atoms. The topological polar surface area (TPSA) is 98.2 Å². The van der Waals surface area contributed by atoms with E-state index < -0.39 is 10.0 Å². The number of anilines is 1. The summed E-state index contributed by atoms with van der Waals surface area (Å²) in [5, 5.41) is 3.78. The lowest BCUT2D eigenvalue weighted by Crippen LogP contribution is -2.23. The average Bonchev–Trinajstić information content (AvgIpc) is 2.83. The van der Waals surface area contributed by atoms with Crippen LogP contribution in [0.15, 0.2) is 39.9 Å². The molecule has 6 nitrogen and oxygen atoms in total. The van der Waals surface area contributed by atoms with Crippen molar-refractivity contribution in [2.45, 2.75) is 11.4 Å². The van der Waals surface area contributed by atoms with E-state index in [1.54, 1.807) is 6.07 Å². The highest BCUT2D eigenvalue weighted by Gasteiger charge is 2.15. The second-order valence-corrected chi connectivity index (χ2v) is 5.66. The van der Waals surface area contributed by atoms with Crippen molar-refractivity contribution >= 4 is 27.3 Å². The molecule has 0 fully saturated rings. The fourth-order valence-corrected chi connectivity index (χ4v) is 2.42. The minimum absolute atomic E-state index is 0.0187. The van der Waals surface area contributed by atoms with Crippen molar-refractivity contribution < 1.29 is 12.9 Å². The quantitative estimate of drug-likeness (QED) is 0.828. The number of sulfonamides is 1. The number of nitrogens with two attached hydrogens (primary N) is 1. The number of nitrogen functional groups attached to an aromatic ring is 1. The van der Waals surface area contributed by atoms with E-state index in [1.165, 1.54) is 24.4 Å². The maximum absolute atomic E-state index is 11.9. The van der Waals surface area contributed by atoms with E-state index in [0.717, 1.165) is 0 Å². The molecule has 8 heteroatoms. The molecule has 0 unspecified atom stereocenters. The fraction of sp³-hybridized carbons (Fsp3) is 0.100. The zero-order chi connectivity index (χ0) is 13.2. The van der Waals surface area contributed by atoms with Gasteiger partial charge in [0.15, 0.2) is 5.76 Å². The molecule has 2 aromatic rings. The molecule has 0 amide bonds. The van der Waals surface area contributed by atoms with Crippen LogP contribution in [-0.2, 0) is 16.6 Å². The molecule has 0 aliphatic carbocycles. The normalized spacial score (nSPS) is 11.6. The van der Waals surface area contributed by atoms with Gasteiger partial charge in [0.1, 0.15) is 0 Å². The van der Waals surface area contributed by atoms with Gasteiger partial charge in [-0.3, -0.25) is 0 Å². The molecule has 0 atom stereocenters. The Kier molecular flexibility index (Phi) is 3.55. The highest BCUT2D eigenvalue weighted by molar-refractivity contribution is 7.89. The number of nitrogens with one attached hydrogen (secondary N) is 1. The molecule has 0 saturated carbocycles. The minimum atomic E-state index is -3.65. The molecule has 96 valence electrons. The maximum Gasteiger partial charge on any atom is 0.241 e. The summed E-state index contributed by atoms with van der Waals surface area (Å²) in [5.41, 5.74) is 5.76. The van der Waals surface area contributed by atoms with E-state index >= 15 is 0 Å². The second-order valence-electron chi connectivity index (χ2n) is 3.49. The third-order valence-electron chi connectivity index (χ3n) is 2.21. The number of nitrogens with zero attached hydrogens (tertiary/aromatic N) is 1. The number of rotatable bonds is 4. The van der Waals surface area contributed by atoms with Gasteiger partial charge in [0.05, 0.1) is 28.3 Å². The van der Waals surface area contributed by atoms with Crippen molar-refractivity contribution in [2.75, 3.05) is 5.73 Å². The van der Waals surface area contributed by atoms with Gasteiger partial charge in [0, 0.05) is 6.07 Å². The Labute approximate surface area is 109 Å². The van der Waals surface area contributed by atoms with Gasteiger partial charge >= 0.3 is 0 Å². The van der Waals surface area contributed by atoms with Crippen molar-refractivity contribution in [3.63, 3.8) is 0 Å². The first-order valence-electron chi connectivity index (χ1n) is 4.93. The zero-order valence-corrected chi connectivity index (χ0v) is 10.7. The fourth-order valence-electron chi connectivity index (χ4n) is 1.27. The highest BCUT2D eigenvalue weighted by atomic mass is 35.5. The van der Waals surface area contributed by atoms with Gasteiger partial charge in [-0.1, -0.05) is 16.8 Å². The van der Waals surface area contributed by atoms with E-state index in [4.69, 9.17) is 21.9 Å². The summed E-state index contributed by atoms with van der Waals surface area (Å²) in [6, 6.07) is 5.67. The van der Waals surface area contributed by atoms with Gasteiger partial charge < -0.3 is 10.3 Å². The van der Waals surface area contributed by atoms with E-state index in [9.17, 15) is 8.42 Å². The lowest BCUT2D eigenvalue weighted by molar-refractivity contribution is 0.380. The number of benzene rings is 1. The summed E-state index contributed by atoms with van der Waals surface area (Å²) in [5.74, 6) is 0.417. The predicted octanol–water partition coefficient (Wildman–Crippen LogP) is 1.39. The Hall–Kier alpha value is -1.57. The highest BCUT2D eigenvalue weighted by Crippen LogP contribution is 2.22. The lowest BCUT2D eigenvalue weighted by Gasteiger charge is -2.06. The standard InChI is InChI=1S/C10H10ClN3O3S/c11-9-2-1-8(5-10(9)12)18(15,16)14-6-7-3-4-13-17-7/h1-5,14H,6,12H2. The number of hydrogen-bond acceptors (Lipinski definition) is 5. The van der Waals surface area contributed by atoms with Crippen LogP contribution in [0.25, 0.3) is 0 Å². The summed E-state index contributed by atoms with van der Waals surface area (Å²) < 4.78 is 31.0. The first kappa shape index (κ1) is 12.9. The molecule has 0 spiro atoms. The van der Waals surface area contributed by atoms with E-state index in [-0.39, 0.29) is 17.1 Å². The van der Waals surface area contributed by atoms with Crippen LogP contribution < -0.4 is 10.5 Å². The van der Waals surface area contributed by atoms with Crippen molar-refractivity contribution in [2.24, 2.45) is 0 Å². The van der Waals surface area contributed by atoms with E-state index in [0.29, 0.717) is 10.8 Å². The van der Waals surface area contributed by atoms with Crippen molar-refractivity contribution in [3.8, 4) is 0 Å². The van der Waals surface area contributed by atoms with Crippen LogP contribution >= 0.6 is 11.6 Å². The summed E-state index contributed by atoms with van der Waals surface area (Å²) in [6.45, 7) is 0.0187. The zero-order valence-electron chi connectivity index (χ0n) is 9.13. The minimum Gasteiger partial charge on any atom is -0.397 e. The van der Waals surface area contributed by atoms with Crippen LogP contribution in [0.3, 0.4) is 0 Å². The molecule has 1 heterocycles. The van der Waals surface area contributed by atoms with Gasteiger partial charge in [0.2, 0.25) is 10.0 Å². The summed E-state index contributed by atoms with van der Waals surface area (Å²) in [6.07, 6.45) is 1.43. The molecule has 0 aliphatic rings. The second kappa shape index (κ2) is 4.97. The van der Waals surface area contributed by atoms with Crippen LogP contribution in [0.4, 0.5) is 5.69 Å². The van der Waals surface area contributed by atoms with Crippen molar-refractivity contribution in [1.82, 2.24) is 9.88 Å². The summed E-state index contributed by atoms with van der Waals surface area (Å²) in [7, 11) is -3.65. The SMILES string of the molecule is Nc1cc(S(=O)(=O)NCc2ccno2)ccc1Cl. The third kappa shape index (κ3) is 2.81. The lowest BCUT2D eigenvalue weighted by atomic mass is 10.3. The van der Waals surface area contributed by atoms with Gasteiger partial charge in [0.25, 0.3) is 0 Å². The molecular weight excluding hydrogens is 278 g/mol. The Balaban J connectivity index is 2.17. The number of aromatic nitrogens is 1. The number of halogens is 1. The van der Waals surface area contributed by atoms with Crippen LogP contribution in [0.2, 0.25) is 5.02 Å². The maximum atomic E-state index is 11.9. The first-order chi connectivity index (χ1) is 8.49. The summed E-state index contributed by atoms with van der Waals surface area (Å²) >= 11 is 5.73. The van der Waals surface area contributed by atoms with Crippen LogP contribution in [0, 0.1) is 0 Å². The molecular formula is C10H10ClN3O3S. The third-order valence-corrected chi connectivity index (χ3v) is 3.95. The van der Waals surface area contributed by atoms with Gasteiger partial charge in [-0.15, -0.1) is 0 Å².